The van der Waals surface area contributed by atoms with E-state index in [2.05, 4.69) is 41.9 Å². The lowest BCUT2D eigenvalue weighted by Crippen LogP contribution is -2.34. The van der Waals surface area contributed by atoms with Gasteiger partial charge in [-0.15, -0.1) is 0 Å². The molecule has 2 unspecified atom stereocenters. The number of nitrogens with zero attached hydrogens (tertiary/aromatic N) is 3. The summed E-state index contributed by atoms with van der Waals surface area (Å²) in [6.45, 7) is 6.41. The zero-order valence-electron chi connectivity index (χ0n) is 11.8. The molecule has 100 valence electrons. The van der Waals surface area contributed by atoms with E-state index in [4.69, 9.17) is 5.73 Å². The van der Waals surface area contributed by atoms with Crippen LogP contribution in [0.3, 0.4) is 0 Å². The standard InChI is InChI=1S/C14H24N4/c1-10-8-18(9-13(10)17(3)4)14-12(11(2)15)6-5-7-16-14/h5-7,10-11,13H,8-9,15H2,1-4H3/t10?,11-,13?/m0/s1. The second-order valence-corrected chi connectivity index (χ2v) is 5.62. The Hall–Kier alpha value is -1.13. The van der Waals surface area contributed by atoms with Crippen LogP contribution in [-0.4, -0.2) is 43.1 Å². The van der Waals surface area contributed by atoms with Crippen molar-refractivity contribution in [1.82, 2.24) is 9.88 Å². The van der Waals surface area contributed by atoms with Gasteiger partial charge in [0.05, 0.1) is 0 Å². The Kier molecular flexibility index (Phi) is 3.88. The van der Waals surface area contributed by atoms with Gasteiger partial charge in [0.1, 0.15) is 5.82 Å². The third-order valence-electron chi connectivity index (χ3n) is 3.84. The predicted octanol–water partition coefficient (Wildman–Crippen LogP) is 1.49. The second-order valence-electron chi connectivity index (χ2n) is 5.62. The van der Waals surface area contributed by atoms with Crippen molar-refractivity contribution in [2.45, 2.75) is 25.9 Å². The summed E-state index contributed by atoms with van der Waals surface area (Å²) in [4.78, 5) is 9.21. The fourth-order valence-electron chi connectivity index (χ4n) is 2.82. The van der Waals surface area contributed by atoms with E-state index in [9.17, 15) is 0 Å². The molecule has 4 nitrogen and oxygen atoms in total. The molecule has 0 saturated carbocycles. The van der Waals surface area contributed by atoms with Crippen molar-refractivity contribution in [2.24, 2.45) is 11.7 Å². The van der Waals surface area contributed by atoms with Gasteiger partial charge in [0.2, 0.25) is 0 Å². The molecule has 0 bridgehead atoms. The summed E-state index contributed by atoms with van der Waals surface area (Å²) in [7, 11) is 4.30. The molecule has 1 aromatic rings. The van der Waals surface area contributed by atoms with Crippen LogP contribution < -0.4 is 10.6 Å². The first-order valence-corrected chi connectivity index (χ1v) is 6.62. The molecule has 2 N–H and O–H groups in total. The molecule has 0 spiro atoms. The third-order valence-corrected chi connectivity index (χ3v) is 3.84. The Bertz CT molecular complexity index is 403. The predicted molar refractivity (Wildman–Crippen MR) is 75.7 cm³/mol. The molecule has 1 saturated heterocycles. The minimum Gasteiger partial charge on any atom is -0.354 e. The van der Waals surface area contributed by atoms with Crippen molar-refractivity contribution in [3.05, 3.63) is 23.9 Å². The Morgan fingerprint density at radius 1 is 1.44 bits per heavy atom. The van der Waals surface area contributed by atoms with Gasteiger partial charge >= 0.3 is 0 Å². The van der Waals surface area contributed by atoms with E-state index in [1.807, 2.05) is 19.2 Å². The van der Waals surface area contributed by atoms with Gasteiger partial charge in [-0.1, -0.05) is 13.0 Å². The van der Waals surface area contributed by atoms with Crippen LogP contribution >= 0.6 is 0 Å². The highest BCUT2D eigenvalue weighted by atomic mass is 15.3. The molecular formula is C14H24N4. The van der Waals surface area contributed by atoms with Crippen molar-refractivity contribution in [1.29, 1.82) is 0 Å². The van der Waals surface area contributed by atoms with E-state index < -0.39 is 0 Å². The quantitative estimate of drug-likeness (QED) is 0.880. The number of nitrogens with two attached hydrogens (primary N) is 1. The van der Waals surface area contributed by atoms with Crippen LogP contribution in [0.5, 0.6) is 0 Å². The van der Waals surface area contributed by atoms with Gasteiger partial charge < -0.3 is 15.5 Å². The monoisotopic (exact) mass is 248 g/mol. The minimum absolute atomic E-state index is 0.0300. The number of likely N-dealkylation sites (N-methyl/N-ethyl adjacent to an activating group) is 1. The number of pyridine rings is 1. The van der Waals surface area contributed by atoms with Crippen molar-refractivity contribution in [2.75, 3.05) is 32.1 Å². The molecule has 3 atom stereocenters. The van der Waals surface area contributed by atoms with Crippen LogP contribution in [0.2, 0.25) is 0 Å². The first kappa shape index (κ1) is 13.3. The Labute approximate surface area is 110 Å². The van der Waals surface area contributed by atoms with E-state index in [0.717, 1.165) is 24.5 Å². The van der Waals surface area contributed by atoms with E-state index in [1.165, 1.54) is 0 Å². The summed E-state index contributed by atoms with van der Waals surface area (Å²) >= 11 is 0. The average Bonchev–Trinajstić information content (AvgIpc) is 2.71. The van der Waals surface area contributed by atoms with Gasteiger partial charge in [0.25, 0.3) is 0 Å². The van der Waals surface area contributed by atoms with Gasteiger partial charge in [-0.05, 0) is 33.0 Å². The number of hydrogen-bond acceptors (Lipinski definition) is 4. The van der Waals surface area contributed by atoms with E-state index in [0.29, 0.717) is 12.0 Å². The van der Waals surface area contributed by atoms with E-state index >= 15 is 0 Å². The first-order valence-electron chi connectivity index (χ1n) is 6.62. The van der Waals surface area contributed by atoms with E-state index in [-0.39, 0.29) is 6.04 Å². The van der Waals surface area contributed by atoms with Crippen LogP contribution in [0.15, 0.2) is 18.3 Å². The van der Waals surface area contributed by atoms with Crippen LogP contribution in [0.4, 0.5) is 5.82 Å². The highest BCUT2D eigenvalue weighted by molar-refractivity contribution is 5.49. The lowest BCUT2D eigenvalue weighted by Gasteiger charge is -2.24. The molecule has 1 aliphatic heterocycles. The summed E-state index contributed by atoms with van der Waals surface area (Å²) in [5.41, 5.74) is 7.18. The van der Waals surface area contributed by atoms with Gasteiger partial charge in [0, 0.05) is 36.9 Å². The topological polar surface area (TPSA) is 45.4 Å². The molecule has 4 heteroatoms. The van der Waals surface area contributed by atoms with Gasteiger partial charge in [-0.2, -0.15) is 0 Å². The SMILES string of the molecule is CC1CN(c2ncccc2[C@H](C)N)CC1N(C)C. The highest BCUT2D eigenvalue weighted by Crippen LogP contribution is 2.29. The van der Waals surface area contributed by atoms with Crippen molar-refractivity contribution in [3.8, 4) is 0 Å². The van der Waals surface area contributed by atoms with Gasteiger partial charge in [-0.25, -0.2) is 4.98 Å². The van der Waals surface area contributed by atoms with Crippen LogP contribution in [0.25, 0.3) is 0 Å². The molecule has 0 aliphatic carbocycles. The largest absolute Gasteiger partial charge is 0.354 e. The number of hydrogen-bond donors (Lipinski definition) is 1. The Balaban J connectivity index is 2.24. The normalized spacial score (nSPS) is 25.8. The van der Waals surface area contributed by atoms with Crippen molar-refractivity contribution < 1.29 is 0 Å². The summed E-state index contributed by atoms with van der Waals surface area (Å²) < 4.78 is 0. The van der Waals surface area contributed by atoms with Gasteiger partial charge in [0.15, 0.2) is 0 Å². The fourth-order valence-corrected chi connectivity index (χ4v) is 2.82. The second kappa shape index (κ2) is 5.24. The number of rotatable bonds is 3. The molecule has 2 rings (SSSR count). The van der Waals surface area contributed by atoms with E-state index in [1.54, 1.807) is 0 Å². The maximum atomic E-state index is 6.03. The molecule has 0 amide bonds. The summed E-state index contributed by atoms with van der Waals surface area (Å²) in [6, 6.07) is 4.67. The van der Waals surface area contributed by atoms with Crippen LogP contribution in [-0.2, 0) is 0 Å². The van der Waals surface area contributed by atoms with Crippen LogP contribution in [0.1, 0.15) is 25.5 Å². The zero-order chi connectivity index (χ0) is 13.3. The Morgan fingerprint density at radius 3 is 2.72 bits per heavy atom. The third kappa shape index (κ3) is 2.49. The number of aromatic nitrogens is 1. The summed E-state index contributed by atoms with van der Waals surface area (Å²) in [6.07, 6.45) is 1.86. The maximum absolute atomic E-state index is 6.03. The molecule has 1 fully saturated rings. The molecule has 0 radical (unpaired) electrons. The maximum Gasteiger partial charge on any atom is 0.133 e. The lowest BCUT2D eigenvalue weighted by molar-refractivity contribution is 0.266. The summed E-state index contributed by atoms with van der Waals surface area (Å²) in [5, 5.41) is 0. The first-order chi connectivity index (χ1) is 8.50. The molecular weight excluding hydrogens is 224 g/mol. The molecule has 2 heterocycles. The Morgan fingerprint density at radius 2 is 2.17 bits per heavy atom. The smallest absolute Gasteiger partial charge is 0.133 e. The fraction of sp³-hybridized carbons (Fsp3) is 0.643. The summed E-state index contributed by atoms with van der Waals surface area (Å²) in [5.74, 6) is 1.71. The minimum atomic E-state index is 0.0300. The zero-order valence-corrected chi connectivity index (χ0v) is 11.8. The van der Waals surface area contributed by atoms with Gasteiger partial charge in [-0.3, -0.25) is 0 Å². The van der Waals surface area contributed by atoms with Crippen molar-refractivity contribution in [3.63, 3.8) is 0 Å². The number of anilines is 1. The lowest BCUT2D eigenvalue weighted by atomic mass is 10.1. The highest BCUT2D eigenvalue weighted by Gasteiger charge is 2.32. The molecule has 1 aliphatic rings. The molecule has 18 heavy (non-hydrogen) atoms. The average molecular weight is 248 g/mol. The van der Waals surface area contributed by atoms with Crippen molar-refractivity contribution >= 4 is 5.82 Å². The molecule has 0 aromatic carbocycles. The molecule has 1 aromatic heterocycles. The van der Waals surface area contributed by atoms with Crippen LogP contribution in [0, 0.1) is 5.92 Å².